The summed E-state index contributed by atoms with van der Waals surface area (Å²) in [6.45, 7) is 5.02. The maximum Gasteiger partial charge on any atom is 0.0697 e. The molecule has 2 N–H and O–H groups in total. The van der Waals surface area contributed by atoms with E-state index in [1.165, 1.54) is 49.8 Å². The molecule has 0 bridgehead atoms. The summed E-state index contributed by atoms with van der Waals surface area (Å²) in [7, 11) is 4.19. The molecule has 2 fully saturated rings. The molecule has 1 aliphatic heterocycles. The van der Waals surface area contributed by atoms with Gasteiger partial charge in [-0.2, -0.15) is 5.10 Å². The minimum Gasteiger partial charge on any atom is -0.381 e. The highest BCUT2D eigenvalue weighted by Crippen LogP contribution is 2.47. The lowest BCUT2D eigenvalue weighted by molar-refractivity contribution is -0.0310. The summed E-state index contributed by atoms with van der Waals surface area (Å²) in [6.07, 6.45) is 9.84. The summed E-state index contributed by atoms with van der Waals surface area (Å²) < 4.78 is 5.77. The zero-order chi connectivity index (χ0) is 16.1. The molecular formula is C18H32N4O. The molecule has 1 aliphatic carbocycles. The third-order valence-electron chi connectivity index (χ3n) is 5.77. The molecule has 23 heavy (non-hydrogen) atoms. The van der Waals surface area contributed by atoms with Crippen LogP contribution in [0, 0.1) is 5.41 Å². The highest BCUT2D eigenvalue weighted by molar-refractivity contribution is 5.21. The number of rotatable bonds is 6. The third kappa shape index (κ3) is 4.14. The van der Waals surface area contributed by atoms with Crippen molar-refractivity contribution >= 4 is 0 Å². The Kier molecular flexibility index (Phi) is 5.72. The molecular weight excluding hydrogens is 288 g/mol. The molecule has 5 nitrogen and oxygen atoms in total. The average Bonchev–Trinajstić information content (AvgIpc) is 3.02. The number of likely N-dealkylation sites (N-methyl/N-ethyl adjacent to an activating group) is 2. The highest BCUT2D eigenvalue weighted by atomic mass is 16.5. The first-order valence-electron chi connectivity index (χ1n) is 9.16. The van der Waals surface area contributed by atoms with Crippen LogP contribution in [-0.2, 0) is 11.3 Å². The smallest absolute Gasteiger partial charge is 0.0697 e. The van der Waals surface area contributed by atoms with Gasteiger partial charge in [0.05, 0.1) is 12.3 Å². The quantitative estimate of drug-likeness (QED) is 0.846. The molecule has 0 unspecified atom stereocenters. The monoisotopic (exact) mass is 320 g/mol. The standard InChI is InChI=1S/C18H32N4O/c1-19-9-10-22(2)13-16-12-20-21-17(16)15-4-7-18(8-5-15)6-3-11-23-14-18/h12,15,19H,3-11,13-14H2,1-2H3,(H,20,21)/t15-,18+. The molecule has 0 radical (unpaired) electrons. The van der Waals surface area contributed by atoms with Gasteiger partial charge >= 0.3 is 0 Å². The molecule has 0 amide bonds. The van der Waals surface area contributed by atoms with Crippen LogP contribution in [0.2, 0.25) is 0 Å². The summed E-state index contributed by atoms with van der Waals surface area (Å²) >= 11 is 0. The fourth-order valence-corrected chi connectivity index (χ4v) is 4.29. The van der Waals surface area contributed by atoms with Crippen molar-refractivity contribution in [3.05, 3.63) is 17.5 Å². The first kappa shape index (κ1) is 16.9. The number of aromatic nitrogens is 2. The van der Waals surface area contributed by atoms with Crippen LogP contribution in [0.5, 0.6) is 0 Å². The van der Waals surface area contributed by atoms with E-state index in [0.29, 0.717) is 11.3 Å². The van der Waals surface area contributed by atoms with Gasteiger partial charge in [0, 0.05) is 43.9 Å². The van der Waals surface area contributed by atoms with Gasteiger partial charge in [-0.3, -0.25) is 5.10 Å². The Morgan fingerprint density at radius 1 is 1.39 bits per heavy atom. The lowest BCUT2D eigenvalue weighted by Gasteiger charge is -2.42. The molecule has 3 rings (SSSR count). The number of aromatic amines is 1. The molecule has 1 aromatic heterocycles. The van der Waals surface area contributed by atoms with Gasteiger partial charge in [-0.25, -0.2) is 0 Å². The van der Waals surface area contributed by atoms with Crippen molar-refractivity contribution in [3.63, 3.8) is 0 Å². The summed E-state index contributed by atoms with van der Waals surface area (Å²) in [5.41, 5.74) is 3.17. The molecule has 0 atom stereocenters. The number of ether oxygens (including phenoxy) is 1. The molecule has 2 heterocycles. The number of nitrogens with zero attached hydrogens (tertiary/aromatic N) is 2. The van der Waals surface area contributed by atoms with E-state index >= 15 is 0 Å². The molecule has 2 aliphatic rings. The van der Waals surface area contributed by atoms with Gasteiger partial charge in [0.25, 0.3) is 0 Å². The number of hydrogen-bond acceptors (Lipinski definition) is 4. The molecule has 1 aromatic rings. The van der Waals surface area contributed by atoms with Crippen molar-refractivity contribution in [2.75, 3.05) is 40.4 Å². The van der Waals surface area contributed by atoms with Crippen LogP contribution in [0.25, 0.3) is 0 Å². The topological polar surface area (TPSA) is 53.2 Å². The summed E-state index contributed by atoms with van der Waals surface area (Å²) in [5.74, 6) is 0.626. The second-order valence-corrected chi connectivity index (χ2v) is 7.57. The minimum atomic E-state index is 0.481. The predicted octanol–water partition coefficient (Wildman–Crippen LogP) is 2.52. The second-order valence-electron chi connectivity index (χ2n) is 7.57. The maximum absolute atomic E-state index is 5.77. The van der Waals surface area contributed by atoms with Crippen LogP contribution in [0.3, 0.4) is 0 Å². The minimum absolute atomic E-state index is 0.481. The van der Waals surface area contributed by atoms with Crippen LogP contribution in [0.4, 0.5) is 0 Å². The fraction of sp³-hybridized carbons (Fsp3) is 0.833. The first-order chi connectivity index (χ1) is 11.2. The predicted molar refractivity (Wildman–Crippen MR) is 92.5 cm³/mol. The number of nitrogens with one attached hydrogen (secondary N) is 2. The second kappa shape index (κ2) is 7.77. The van der Waals surface area contributed by atoms with Crippen LogP contribution < -0.4 is 5.32 Å². The number of hydrogen-bond donors (Lipinski definition) is 2. The van der Waals surface area contributed by atoms with Crippen molar-refractivity contribution in [3.8, 4) is 0 Å². The van der Waals surface area contributed by atoms with Gasteiger partial charge in [0.2, 0.25) is 0 Å². The van der Waals surface area contributed by atoms with Crippen molar-refractivity contribution in [1.82, 2.24) is 20.4 Å². The van der Waals surface area contributed by atoms with E-state index in [-0.39, 0.29) is 0 Å². The Labute approximate surface area is 140 Å². The van der Waals surface area contributed by atoms with Crippen LogP contribution in [0.1, 0.15) is 55.7 Å². The fourth-order valence-electron chi connectivity index (χ4n) is 4.29. The Balaban J connectivity index is 1.57. The van der Waals surface area contributed by atoms with Crippen molar-refractivity contribution in [2.45, 2.75) is 51.0 Å². The third-order valence-corrected chi connectivity index (χ3v) is 5.77. The van der Waals surface area contributed by atoms with Crippen LogP contribution in [-0.4, -0.2) is 55.5 Å². The van der Waals surface area contributed by atoms with E-state index in [1.807, 2.05) is 7.05 Å². The van der Waals surface area contributed by atoms with Crippen molar-refractivity contribution < 1.29 is 4.74 Å². The lowest BCUT2D eigenvalue weighted by Crippen LogP contribution is -2.35. The van der Waals surface area contributed by atoms with Crippen molar-refractivity contribution in [2.24, 2.45) is 5.41 Å². The zero-order valence-electron chi connectivity index (χ0n) is 14.7. The van der Waals surface area contributed by atoms with E-state index in [1.54, 1.807) is 0 Å². The van der Waals surface area contributed by atoms with Gasteiger partial charge in [-0.05, 0) is 58.0 Å². The van der Waals surface area contributed by atoms with E-state index in [0.717, 1.165) is 32.8 Å². The summed E-state index contributed by atoms with van der Waals surface area (Å²) in [6, 6.07) is 0. The largest absolute Gasteiger partial charge is 0.381 e. The molecule has 0 aromatic carbocycles. The Morgan fingerprint density at radius 2 is 2.22 bits per heavy atom. The van der Waals surface area contributed by atoms with E-state index in [4.69, 9.17) is 4.74 Å². The summed E-state index contributed by atoms with van der Waals surface area (Å²) in [5, 5.41) is 10.9. The maximum atomic E-state index is 5.77. The van der Waals surface area contributed by atoms with Gasteiger partial charge < -0.3 is 15.0 Å². The van der Waals surface area contributed by atoms with E-state index < -0.39 is 0 Å². The molecule has 1 saturated carbocycles. The molecule has 1 spiro atoms. The normalized spacial score (nSPS) is 28.6. The van der Waals surface area contributed by atoms with Crippen LogP contribution >= 0.6 is 0 Å². The molecule has 130 valence electrons. The Hall–Kier alpha value is -0.910. The van der Waals surface area contributed by atoms with Gasteiger partial charge in [0.15, 0.2) is 0 Å². The average molecular weight is 320 g/mol. The first-order valence-corrected chi connectivity index (χ1v) is 9.16. The van der Waals surface area contributed by atoms with Crippen molar-refractivity contribution in [1.29, 1.82) is 0 Å². The SMILES string of the molecule is CNCCN(C)Cc1c[nH]nc1[C@H]1CC[C@]2(CCCOC2)CC1. The number of H-pyrrole nitrogens is 1. The summed E-state index contributed by atoms with van der Waals surface area (Å²) in [4.78, 5) is 2.37. The van der Waals surface area contributed by atoms with Gasteiger partial charge in [0.1, 0.15) is 0 Å². The van der Waals surface area contributed by atoms with Gasteiger partial charge in [-0.15, -0.1) is 0 Å². The Morgan fingerprint density at radius 3 is 2.91 bits per heavy atom. The van der Waals surface area contributed by atoms with E-state index in [9.17, 15) is 0 Å². The zero-order valence-corrected chi connectivity index (χ0v) is 14.7. The van der Waals surface area contributed by atoms with E-state index in [2.05, 4.69) is 33.7 Å². The van der Waals surface area contributed by atoms with Gasteiger partial charge in [-0.1, -0.05) is 0 Å². The Bertz CT molecular complexity index is 471. The molecule has 5 heteroatoms. The molecule has 1 saturated heterocycles. The van der Waals surface area contributed by atoms with Crippen LogP contribution in [0.15, 0.2) is 6.20 Å². The highest BCUT2D eigenvalue weighted by Gasteiger charge is 2.38. The lowest BCUT2D eigenvalue weighted by atomic mass is 9.67.